The predicted octanol–water partition coefficient (Wildman–Crippen LogP) is 1.98. The number of benzene rings is 1. The summed E-state index contributed by atoms with van der Waals surface area (Å²) >= 11 is 0. The molecule has 22 heavy (non-hydrogen) atoms. The van der Waals surface area contributed by atoms with Gasteiger partial charge in [0.25, 0.3) is 5.91 Å². The van der Waals surface area contributed by atoms with E-state index in [1.165, 1.54) is 6.20 Å². The second-order valence-corrected chi connectivity index (χ2v) is 4.12. The zero-order valence-corrected chi connectivity index (χ0v) is 12.3. The van der Waals surface area contributed by atoms with Gasteiger partial charge in [0.05, 0.1) is 12.2 Å². The van der Waals surface area contributed by atoms with Gasteiger partial charge in [-0.1, -0.05) is 6.08 Å². The summed E-state index contributed by atoms with van der Waals surface area (Å²) in [6.07, 6.45) is 2.93. The van der Waals surface area contributed by atoms with E-state index >= 15 is 0 Å². The van der Waals surface area contributed by atoms with E-state index in [1.807, 2.05) is 0 Å². The molecule has 114 valence electrons. The van der Waals surface area contributed by atoms with Crippen LogP contribution in [0.3, 0.4) is 0 Å². The van der Waals surface area contributed by atoms with Gasteiger partial charge in [-0.05, 0) is 31.2 Å². The summed E-state index contributed by atoms with van der Waals surface area (Å²) in [4.78, 5) is 23.4. The van der Waals surface area contributed by atoms with Crippen molar-refractivity contribution < 1.29 is 14.3 Å². The number of hydrogen-bond acceptors (Lipinski definition) is 5. The quantitative estimate of drug-likeness (QED) is 0.264. The van der Waals surface area contributed by atoms with Crippen LogP contribution in [0.25, 0.3) is 0 Å². The van der Waals surface area contributed by atoms with Crippen molar-refractivity contribution in [3.8, 4) is 6.07 Å². The fraction of sp³-hybridized carbons (Fsp3) is 0.188. The Hall–Kier alpha value is -3.07. The molecule has 0 aliphatic heterocycles. The third-order valence-corrected chi connectivity index (χ3v) is 2.53. The standard InChI is InChI=1S/C16H17N3O3/c1-3-9-18-11-13(10-17)15(20)19-14-7-5-12(6-8-14)16(21)22-4-2/h3,5-8,11,18H,1,4,9H2,2H3,(H,19,20)/b13-11-. The molecule has 0 aromatic heterocycles. The normalized spacial score (nSPS) is 10.3. The molecule has 2 N–H and O–H groups in total. The minimum absolute atomic E-state index is 0.0590. The number of esters is 1. The number of anilines is 1. The Morgan fingerprint density at radius 3 is 2.59 bits per heavy atom. The van der Waals surface area contributed by atoms with E-state index in [-0.39, 0.29) is 5.57 Å². The maximum atomic E-state index is 11.9. The van der Waals surface area contributed by atoms with Crippen molar-refractivity contribution in [2.45, 2.75) is 6.92 Å². The fourth-order valence-electron chi connectivity index (χ4n) is 1.50. The van der Waals surface area contributed by atoms with Gasteiger partial charge in [-0.2, -0.15) is 5.26 Å². The zero-order chi connectivity index (χ0) is 16.4. The molecule has 1 aromatic carbocycles. The largest absolute Gasteiger partial charge is 0.462 e. The smallest absolute Gasteiger partial charge is 0.338 e. The number of carbonyl (C=O) groups excluding carboxylic acids is 2. The molecule has 0 aliphatic carbocycles. The van der Waals surface area contributed by atoms with Crippen LogP contribution in [0, 0.1) is 11.3 Å². The number of rotatable bonds is 7. The maximum Gasteiger partial charge on any atom is 0.338 e. The molecule has 1 amide bonds. The molecule has 1 aromatic rings. The zero-order valence-electron chi connectivity index (χ0n) is 12.3. The van der Waals surface area contributed by atoms with E-state index in [1.54, 1.807) is 43.3 Å². The highest BCUT2D eigenvalue weighted by molar-refractivity contribution is 6.06. The molecule has 0 saturated carbocycles. The SMILES string of the molecule is C=CCN/C=C(/C#N)C(=O)Nc1ccc(C(=O)OCC)cc1. The molecular weight excluding hydrogens is 282 g/mol. The lowest BCUT2D eigenvalue weighted by Crippen LogP contribution is -2.16. The van der Waals surface area contributed by atoms with Crippen molar-refractivity contribution in [3.63, 3.8) is 0 Å². The lowest BCUT2D eigenvalue weighted by molar-refractivity contribution is -0.112. The van der Waals surface area contributed by atoms with Gasteiger partial charge in [-0.25, -0.2) is 4.79 Å². The van der Waals surface area contributed by atoms with E-state index < -0.39 is 11.9 Å². The van der Waals surface area contributed by atoms with Crippen LogP contribution >= 0.6 is 0 Å². The molecule has 0 unspecified atom stereocenters. The summed E-state index contributed by atoms with van der Waals surface area (Å²) in [5, 5.41) is 14.3. The Labute approximate surface area is 129 Å². The highest BCUT2D eigenvalue weighted by atomic mass is 16.5. The molecule has 6 nitrogen and oxygen atoms in total. The minimum Gasteiger partial charge on any atom is -0.462 e. The van der Waals surface area contributed by atoms with Crippen LogP contribution in [0.5, 0.6) is 0 Å². The third-order valence-electron chi connectivity index (χ3n) is 2.53. The average molecular weight is 299 g/mol. The highest BCUT2D eigenvalue weighted by Gasteiger charge is 2.10. The lowest BCUT2D eigenvalue weighted by Gasteiger charge is -2.06. The lowest BCUT2D eigenvalue weighted by atomic mass is 10.2. The van der Waals surface area contributed by atoms with E-state index in [2.05, 4.69) is 17.2 Å². The van der Waals surface area contributed by atoms with Crippen LogP contribution in [-0.2, 0) is 9.53 Å². The Kier molecular flexibility index (Phi) is 6.93. The molecule has 0 heterocycles. The number of nitriles is 1. The number of nitrogens with one attached hydrogen (secondary N) is 2. The van der Waals surface area contributed by atoms with Crippen LogP contribution < -0.4 is 10.6 Å². The van der Waals surface area contributed by atoms with Crippen LogP contribution in [0.15, 0.2) is 48.7 Å². The summed E-state index contributed by atoms with van der Waals surface area (Å²) in [6.45, 7) is 5.99. The molecule has 1 rings (SSSR count). The predicted molar refractivity (Wildman–Crippen MR) is 82.9 cm³/mol. The van der Waals surface area contributed by atoms with E-state index in [9.17, 15) is 9.59 Å². The van der Waals surface area contributed by atoms with E-state index in [0.717, 1.165) is 0 Å². The molecule has 0 bridgehead atoms. The molecular formula is C16H17N3O3. The number of nitrogens with zero attached hydrogens (tertiary/aromatic N) is 1. The summed E-state index contributed by atoms with van der Waals surface area (Å²) < 4.78 is 4.86. The van der Waals surface area contributed by atoms with Gasteiger partial charge >= 0.3 is 5.97 Å². The molecule has 0 aliphatic rings. The van der Waals surface area contributed by atoms with Gasteiger partial charge in [-0.15, -0.1) is 6.58 Å². The van der Waals surface area contributed by atoms with Crippen molar-refractivity contribution in [1.29, 1.82) is 5.26 Å². The van der Waals surface area contributed by atoms with Crippen molar-refractivity contribution in [2.24, 2.45) is 0 Å². The molecule has 0 radical (unpaired) electrons. The topological polar surface area (TPSA) is 91.2 Å². The Morgan fingerprint density at radius 2 is 2.05 bits per heavy atom. The number of amides is 1. The van der Waals surface area contributed by atoms with Crippen LogP contribution in [0.4, 0.5) is 5.69 Å². The Morgan fingerprint density at radius 1 is 1.36 bits per heavy atom. The summed E-state index contributed by atoms with van der Waals surface area (Å²) in [5.41, 5.74) is 0.808. The molecule has 0 saturated heterocycles. The first-order valence-corrected chi connectivity index (χ1v) is 6.65. The first-order chi connectivity index (χ1) is 10.6. The molecule has 0 fully saturated rings. The van der Waals surface area contributed by atoms with E-state index in [0.29, 0.717) is 24.4 Å². The van der Waals surface area contributed by atoms with Crippen molar-refractivity contribution >= 4 is 17.6 Å². The number of hydrogen-bond donors (Lipinski definition) is 2. The summed E-state index contributed by atoms with van der Waals surface area (Å²) in [5.74, 6) is -0.963. The first-order valence-electron chi connectivity index (χ1n) is 6.65. The van der Waals surface area contributed by atoms with Crippen LogP contribution in [-0.4, -0.2) is 25.0 Å². The van der Waals surface area contributed by atoms with Crippen LogP contribution in [0.1, 0.15) is 17.3 Å². The fourth-order valence-corrected chi connectivity index (χ4v) is 1.50. The second kappa shape index (κ2) is 8.97. The average Bonchev–Trinajstić information content (AvgIpc) is 2.52. The summed E-state index contributed by atoms with van der Waals surface area (Å²) in [6, 6.07) is 8.02. The number of ether oxygens (including phenoxy) is 1. The van der Waals surface area contributed by atoms with E-state index in [4.69, 9.17) is 10.00 Å². The Balaban J connectivity index is 2.72. The highest BCUT2D eigenvalue weighted by Crippen LogP contribution is 2.11. The van der Waals surface area contributed by atoms with Gasteiger partial charge in [0, 0.05) is 18.4 Å². The summed E-state index contributed by atoms with van der Waals surface area (Å²) in [7, 11) is 0. The maximum absolute atomic E-state index is 11.9. The first kappa shape index (κ1) is 17.0. The Bertz CT molecular complexity index is 613. The number of carbonyl (C=O) groups is 2. The molecule has 6 heteroatoms. The van der Waals surface area contributed by atoms with Crippen molar-refractivity contribution in [3.05, 3.63) is 54.3 Å². The van der Waals surface area contributed by atoms with Gasteiger partial charge in [-0.3, -0.25) is 4.79 Å². The second-order valence-electron chi connectivity index (χ2n) is 4.12. The third kappa shape index (κ3) is 5.13. The van der Waals surface area contributed by atoms with Crippen molar-refractivity contribution in [2.75, 3.05) is 18.5 Å². The monoisotopic (exact) mass is 299 g/mol. The molecule has 0 atom stereocenters. The van der Waals surface area contributed by atoms with Gasteiger partial charge in [0.1, 0.15) is 11.6 Å². The molecule has 0 spiro atoms. The van der Waals surface area contributed by atoms with Crippen molar-refractivity contribution in [1.82, 2.24) is 5.32 Å². The van der Waals surface area contributed by atoms with Gasteiger partial charge in [0.2, 0.25) is 0 Å². The minimum atomic E-state index is -0.539. The van der Waals surface area contributed by atoms with Gasteiger partial charge < -0.3 is 15.4 Å². The van der Waals surface area contributed by atoms with Gasteiger partial charge in [0.15, 0.2) is 0 Å². The van der Waals surface area contributed by atoms with Crippen LogP contribution in [0.2, 0.25) is 0 Å².